The number of carbonyl (C=O) groups excluding carboxylic acids is 1. The van der Waals surface area contributed by atoms with E-state index in [9.17, 15) is 9.59 Å². The Morgan fingerprint density at radius 1 is 1.07 bits per heavy atom. The Bertz CT molecular complexity index is 1260. The third kappa shape index (κ3) is 3.20. The summed E-state index contributed by atoms with van der Waals surface area (Å²) in [6, 6.07) is 15.2. The lowest BCUT2D eigenvalue weighted by atomic mass is 10.0. The number of para-hydroxylation sites is 1. The van der Waals surface area contributed by atoms with Gasteiger partial charge in [-0.15, -0.1) is 0 Å². The van der Waals surface area contributed by atoms with Crippen LogP contribution in [0.25, 0.3) is 21.9 Å². The number of hydrogen-bond donors (Lipinski definition) is 0. The van der Waals surface area contributed by atoms with E-state index in [1.165, 1.54) is 6.07 Å². The van der Waals surface area contributed by atoms with Crippen molar-refractivity contribution in [3.63, 3.8) is 0 Å². The summed E-state index contributed by atoms with van der Waals surface area (Å²) in [6.45, 7) is 5.99. The normalized spacial score (nSPS) is 11.2. The summed E-state index contributed by atoms with van der Waals surface area (Å²) in [5.74, 6) is -0.352. The molecule has 0 aliphatic heterocycles. The predicted molar refractivity (Wildman–Crippen MR) is 108 cm³/mol. The summed E-state index contributed by atoms with van der Waals surface area (Å²) in [5, 5.41) is 1.88. The second kappa shape index (κ2) is 7.00. The van der Waals surface area contributed by atoms with Gasteiger partial charge in [0.1, 0.15) is 18.7 Å². The third-order valence-electron chi connectivity index (χ3n) is 5.21. The number of benzene rings is 2. The Hall–Kier alpha value is -3.34. The van der Waals surface area contributed by atoms with Gasteiger partial charge in [-0.05, 0) is 49.4 Å². The van der Waals surface area contributed by atoms with Gasteiger partial charge < -0.3 is 13.7 Å². The van der Waals surface area contributed by atoms with Crippen LogP contribution in [0.5, 0.6) is 0 Å². The Morgan fingerprint density at radius 2 is 1.86 bits per heavy atom. The van der Waals surface area contributed by atoms with E-state index in [4.69, 9.17) is 9.15 Å². The Labute approximate surface area is 162 Å². The highest BCUT2D eigenvalue weighted by Crippen LogP contribution is 2.24. The maximum Gasteiger partial charge on any atom is 0.336 e. The first-order valence-electron chi connectivity index (χ1n) is 9.17. The van der Waals surface area contributed by atoms with Crippen LogP contribution in [0.1, 0.15) is 22.4 Å². The van der Waals surface area contributed by atoms with Crippen molar-refractivity contribution >= 4 is 27.8 Å². The van der Waals surface area contributed by atoms with Gasteiger partial charge in [0.15, 0.2) is 0 Å². The number of aromatic nitrogens is 1. The molecule has 0 fully saturated rings. The lowest BCUT2D eigenvalue weighted by Crippen LogP contribution is -2.15. The highest BCUT2D eigenvalue weighted by atomic mass is 16.5. The van der Waals surface area contributed by atoms with Crippen molar-refractivity contribution in [1.82, 2.24) is 4.57 Å². The molecule has 2 aromatic heterocycles. The standard InChI is InChI=1S/C23H21NO4/c1-14-8-9-19-18(11-21(25)28-23(19)16(14)3)13-27-22(26)12-24-15(2)10-17-6-4-5-7-20(17)24/h4-11H,12-13H2,1-3H3. The van der Waals surface area contributed by atoms with E-state index in [1.54, 1.807) is 0 Å². The van der Waals surface area contributed by atoms with Crippen molar-refractivity contribution in [3.05, 3.63) is 81.3 Å². The van der Waals surface area contributed by atoms with Crippen molar-refractivity contribution in [1.29, 1.82) is 0 Å². The molecular weight excluding hydrogens is 354 g/mol. The highest BCUT2D eigenvalue weighted by molar-refractivity contribution is 5.85. The van der Waals surface area contributed by atoms with Gasteiger partial charge in [0.05, 0.1) is 0 Å². The molecule has 0 amide bonds. The molecule has 4 rings (SSSR count). The van der Waals surface area contributed by atoms with Gasteiger partial charge in [0.2, 0.25) is 0 Å². The van der Waals surface area contributed by atoms with Crippen LogP contribution in [0.3, 0.4) is 0 Å². The average Bonchev–Trinajstić information content (AvgIpc) is 2.98. The van der Waals surface area contributed by atoms with Crippen LogP contribution in [-0.2, 0) is 22.7 Å². The lowest BCUT2D eigenvalue weighted by molar-refractivity contribution is -0.145. The molecule has 0 atom stereocenters. The monoisotopic (exact) mass is 375 g/mol. The number of rotatable bonds is 4. The molecule has 0 saturated carbocycles. The van der Waals surface area contributed by atoms with Gasteiger partial charge in [0.25, 0.3) is 0 Å². The predicted octanol–water partition coefficient (Wildman–Crippen LogP) is 4.42. The fourth-order valence-electron chi connectivity index (χ4n) is 3.54. The SMILES string of the molecule is Cc1ccc2c(COC(=O)Cn3c(C)cc4ccccc43)cc(=O)oc2c1C. The molecule has 0 aliphatic carbocycles. The summed E-state index contributed by atoms with van der Waals surface area (Å²) in [4.78, 5) is 24.4. The maximum absolute atomic E-state index is 12.5. The van der Waals surface area contributed by atoms with E-state index < -0.39 is 5.63 Å². The molecular formula is C23H21NO4. The molecule has 2 aromatic carbocycles. The van der Waals surface area contributed by atoms with Crippen LogP contribution in [0, 0.1) is 20.8 Å². The highest BCUT2D eigenvalue weighted by Gasteiger charge is 2.13. The molecule has 0 bridgehead atoms. The zero-order chi connectivity index (χ0) is 19.8. The largest absolute Gasteiger partial charge is 0.459 e. The van der Waals surface area contributed by atoms with E-state index in [0.29, 0.717) is 11.1 Å². The van der Waals surface area contributed by atoms with Crippen LogP contribution in [0.4, 0.5) is 0 Å². The topological polar surface area (TPSA) is 61.4 Å². The van der Waals surface area contributed by atoms with Crippen LogP contribution in [0.15, 0.2) is 57.7 Å². The maximum atomic E-state index is 12.5. The molecule has 0 unspecified atom stereocenters. The molecule has 0 radical (unpaired) electrons. The molecule has 142 valence electrons. The minimum absolute atomic E-state index is 0.0294. The van der Waals surface area contributed by atoms with E-state index in [0.717, 1.165) is 33.1 Å². The van der Waals surface area contributed by atoms with Crippen LogP contribution >= 0.6 is 0 Å². The fraction of sp³-hybridized carbons (Fsp3) is 0.217. The zero-order valence-corrected chi connectivity index (χ0v) is 16.1. The molecule has 0 aliphatic rings. The summed E-state index contributed by atoms with van der Waals surface area (Å²) >= 11 is 0. The number of carbonyl (C=O) groups is 1. The zero-order valence-electron chi connectivity index (χ0n) is 16.1. The molecule has 2 heterocycles. The van der Waals surface area contributed by atoms with E-state index in [-0.39, 0.29) is 19.1 Å². The number of hydrogen-bond acceptors (Lipinski definition) is 4. The summed E-state index contributed by atoms with van der Waals surface area (Å²) in [7, 11) is 0. The minimum Gasteiger partial charge on any atom is -0.459 e. The van der Waals surface area contributed by atoms with E-state index in [2.05, 4.69) is 0 Å². The number of esters is 1. The first-order valence-corrected chi connectivity index (χ1v) is 9.17. The summed E-state index contributed by atoms with van der Waals surface area (Å²) < 4.78 is 12.8. The van der Waals surface area contributed by atoms with Gasteiger partial charge in [-0.3, -0.25) is 4.79 Å². The van der Waals surface area contributed by atoms with Gasteiger partial charge in [-0.2, -0.15) is 0 Å². The van der Waals surface area contributed by atoms with Gasteiger partial charge >= 0.3 is 11.6 Å². The van der Waals surface area contributed by atoms with Crippen molar-refractivity contribution in [2.24, 2.45) is 0 Å². The van der Waals surface area contributed by atoms with Crippen LogP contribution in [-0.4, -0.2) is 10.5 Å². The molecule has 28 heavy (non-hydrogen) atoms. The second-order valence-corrected chi connectivity index (χ2v) is 7.07. The van der Waals surface area contributed by atoms with Crippen molar-refractivity contribution < 1.29 is 13.9 Å². The molecule has 5 heteroatoms. The van der Waals surface area contributed by atoms with Crippen molar-refractivity contribution in [3.8, 4) is 0 Å². The summed E-state index contributed by atoms with van der Waals surface area (Å²) in [6.07, 6.45) is 0. The van der Waals surface area contributed by atoms with Gasteiger partial charge in [-0.25, -0.2) is 4.79 Å². The molecule has 0 spiro atoms. The van der Waals surface area contributed by atoms with E-state index in [1.807, 2.05) is 67.8 Å². The first-order chi connectivity index (χ1) is 13.4. The van der Waals surface area contributed by atoms with Crippen LogP contribution < -0.4 is 5.63 Å². The van der Waals surface area contributed by atoms with Gasteiger partial charge in [-0.1, -0.05) is 30.3 Å². The number of fused-ring (bicyclic) bond motifs is 2. The van der Waals surface area contributed by atoms with E-state index >= 15 is 0 Å². The molecule has 0 saturated heterocycles. The first kappa shape index (κ1) is 18.0. The fourth-order valence-corrected chi connectivity index (χ4v) is 3.54. The van der Waals surface area contributed by atoms with Gasteiger partial charge in [0, 0.05) is 28.2 Å². The Morgan fingerprint density at radius 3 is 2.68 bits per heavy atom. The quantitative estimate of drug-likeness (QED) is 0.391. The lowest BCUT2D eigenvalue weighted by Gasteiger charge is -2.11. The average molecular weight is 375 g/mol. The Balaban J connectivity index is 1.58. The van der Waals surface area contributed by atoms with Crippen LogP contribution in [0.2, 0.25) is 0 Å². The Kier molecular flexibility index (Phi) is 4.51. The van der Waals surface area contributed by atoms with Crippen molar-refractivity contribution in [2.75, 3.05) is 0 Å². The van der Waals surface area contributed by atoms with Crippen molar-refractivity contribution in [2.45, 2.75) is 33.9 Å². The third-order valence-corrected chi connectivity index (χ3v) is 5.21. The second-order valence-electron chi connectivity index (χ2n) is 7.07. The smallest absolute Gasteiger partial charge is 0.336 e. The number of ether oxygens (including phenoxy) is 1. The number of nitrogens with zero attached hydrogens (tertiary/aromatic N) is 1. The molecule has 4 aromatic rings. The molecule has 0 N–H and O–H groups in total. The minimum atomic E-state index is -0.445. The molecule has 5 nitrogen and oxygen atoms in total. The summed E-state index contributed by atoms with van der Waals surface area (Å²) in [5.41, 5.74) is 4.70. The number of aryl methyl sites for hydroxylation is 3.